The molecule has 1 fully saturated rings. The molecule has 1 rings (SSSR count). The average molecular weight is 365 g/mol. The second kappa shape index (κ2) is 14.1. The maximum atomic E-state index is 2.56. The summed E-state index contributed by atoms with van der Waals surface area (Å²) in [6.45, 7) is 14.6. The van der Waals surface area contributed by atoms with Crippen molar-refractivity contribution in [2.24, 2.45) is 35.5 Å². The molecule has 0 nitrogen and oxygen atoms in total. The van der Waals surface area contributed by atoms with E-state index in [1.54, 1.807) is 6.42 Å². The molecule has 0 aromatic heterocycles. The normalized spacial score (nSPS) is 27.2. The molecule has 0 bridgehead atoms. The molecular formula is C26H52. The standard InChI is InChI=1S/C26H52/c1-7-11-12-13-16-25-18-17-23(20-26(25)15-9-3)19-21(5)22(6)24(10-4)14-8-2/h21-26H,7-20H2,1-6H3/t21-,22+,23?,24+,25?,26?/m0/s1. The van der Waals surface area contributed by atoms with E-state index in [0.29, 0.717) is 0 Å². The molecule has 1 aliphatic carbocycles. The van der Waals surface area contributed by atoms with Crippen LogP contribution in [0.5, 0.6) is 0 Å². The molecular weight excluding hydrogens is 312 g/mol. The van der Waals surface area contributed by atoms with Crippen molar-refractivity contribution in [3.63, 3.8) is 0 Å². The Bertz CT molecular complexity index is 320. The monoisotopic (exact) mass is 364 g/mol. The Morgan fingerprint density at radius 3 is 2.15 bits per heavy atom. The summed E-state index contributed by atoms with van der Waals surface area (Å²) in [6, 6.07) is 0. The van der Waals surface area contributed by atoms with Crippen molar-refractivity contribution in [2.45, 2.75) is 131 Å². The highest BCUT2D eigenvalue weighted by Crippen LogP contribution is 2.43. The van der Waals surface area contributed by atoms with Crippen LogP contribution in [0, 0.1) is 35.5 Å². The fraction of sp³-hybridized carbons (Fsp3) is 1.00. The lowest BCUT2D eigenvalue weighted by molar-refractivity contribution is 0.122. The van der Waals surface area contributed by atoms with Crippen molar-refractivity contribution in [2.75, 3.05) is 0 Å². The first kappa shape index (κ1) is 24.0. The topological polar surface area (TPSA) is 0 Å². The highest BCUT2D eigenvalue weighted by atomic mass is 14.4. The van der Waals surface area contributed by atoms with E-state index in [-0.39, 0.29) is 0 Å². The number of hydrogen-bond donors (Lipinski definition) is 0. The van der Waals surface area contributed by atoms with Crippen LogP contribution in [-0.2, 0) is 0 Å². The molecule has 0 amide bonds. The first-order chi connectivity index (χ1) is 12.6. The molecule has 0 spiro atoms. The highest BCUT2D eigenvalue weighted by molar-refractivity contribution is 4.82. The second-order valence-electron chi connectivity index (χ2n) is 9.87. The van der Waals surface area contributed by atoms with Crippen molar-refractivity contribution >= 4 is 0 Å². The van der Waals surface area contributed by atoms with Gasteiger partial charge in [-0.05, 0) is 54.8 Å². The Kier molecular flexibility index (Phi) is 13.0. The van der Waals surface area contributed by atoms with E-state index in [2.05, 4.69) is 41.5 Å². The molecule has 0 aromatic rings. The van der Waals surface area contributed by atoms with Gasteiger partial charge >= 0.3 is 0 Å². The summed E-state index contributed by atoms with van der Waals surface area (Å²) in [5.41, 5.74) is 0. The molecule has 1 saturated carbocycles. The van der Waals surface area contributed by atoms with Gasteiger partial charge in [0.25, 0.3) is 0 Å². The molecule has 0 heteroatoms. The minimum absolute atomic E-state index is 0.913. The molecule has 26 heavy (non-hydrogen) atoms. The number of rotatable bonds is 14. The second-order valence-corrected chi connectivity index (χ2v) is 9.87. The SMILES string of the molecule is CCCCCCC1CCC(C[C@H](C)[C@@H](C)[C@H](CC)CCC)CC1CCC. The zero-order valence-corrected chi connectivity index (χ0v) is 19.4. The van der Waals surface area contributed by atoms with Gasteiger partial charge in [0.1, 0.15) is 0 Å². The minimum atomic E-state index is 0.913. The fourth-order valence-electron chi connectivity index (χ4n) is 5.99. The predicted molar refractivity (Wildman–Crippen MR) is 120 cm³/mol. The van der Waals surface area contributed by atoms with Crippen LogP contribution in [0.3, 0.4) is 0 Å². The summed E-state index contributed by atoms with van der Waals surface area (Å²) in [4.78, 5) is 0. The highest BCUT2D eigenvalue weighted by Gasteiger charge is 2.31. The summed E-state index contributed by atoms with van der Waals surface area (Å²) in [7, 11) is 0. The lowest BCUT2D eigenvalue weighted by atomic mass is 9.67. The Labute approximate surface area is 167 Å². The molecule has 0 N–H and O–H groups in total. The van der Waals surface area contributed by atoms with E-state index < -0.39 is 0 Å². The van der Waals surface area contributed by atoms with Gasteiger partial charge in [0.15, 0.2) is 0 Å². The quantitative estimate of drug-likeness (QED) is 0.269. The van der Waals surface area contributed by atoms with Gasteiger partial charge in [0, 0.05) is 0 Å². The maximum absolute atomic E-state index is 2.56. The summed E-state index contributed by atoms with van der Waals surface area (Å²) < 4.78 is 0. The third-order valence-electron chi connectivity index (χ3n) is 7.87. The molecule has 0 saturated heterocycles. The fourth-order valence-corrected chi connectivity index (χ4v) is 5.99. The van der Waals surface area contributed by atoms with Gasteiger partial charge in [-0.3, -0.25) is 0 Å². The van der Waals surface area contributed by atoms with Crippen LogP contribution in [-0.4, -0.2) is 0 Å². The van der Waals surface area contributed by atoms with Gasteiger partial charge in [-0.1, -0.05) is 112 Å². The summed E-state index contributed by atoms with van der Waals surface area (Å²) >= 11 is 0. The number of unbranched alkanes of at least 4 members (excludes halogenated alkanes) is 3. The molecule has 0 aliphatic heterocycles. The van der Waals surface area contributed by atoms with E-state index >= 15 is 0 Å². The zero-order chi connectivity index (χ0) is 19.4. The Hall–Kier alpha value is 0. The van der Waals surface area contributed by atoms with Crippen LogP contribution in [0.2, 0.25) is 0 Å². The third-order valence-corrected chi connectivity index (χ3v) is 7.87. The first-order valence-corrected chi connectivity index (χ1v) is 12.6. The van der Waals surface area contributed by atoms with Crippen LogP contribution < -0.4 is 0 Å². The van der Waals surface area contributed by atoms with Crippen LogP contribution >= 0.6 is 0 Å². The Morgan fingerprint density at radius 1 is 0.769 bits per heavy atom. The molecule has 6 atom stereocenters. The van der Waals surface area contributed by atoms with Crippen LogP contribution in [0.15, 0.2) is 0 Å². The summed E-state index contributed by atoms with van der Waals surface area (Å²) in [5, 5.41) is 0. The van der Waals surface area contributed by atoms with Crippen LogP contribution in [0.25, 0.3) is 0 Å². The van der Waals surface area contributed by atoms with Crippen LogP contribution in [0.4, 0.5) is 0 Å². The zero-order valence-electron chi connectivity index (χ0n) is 19.4. The van der Waals surface area contributed by atoms with E-state index in [0.717, 1.165) is 35.5 Å². The molecule has 1 aliphatic rings. The molecule has 0 heterocycles. The van der Waals surface area contributed by atoms with Gasteiger partial charge in [-0.2, -0.15) is 0 Å². The molecule has 0 radical (unpaired) electrons. The third kappa shape index (κ3) is 8.35. The summed E-state index contributed by atoms with van der Waals surface area (Å²) in [6.07, 6.45) is 20.5. The lowest BCUT2D eigenvalue weighted by Gasteiger charge is -2.39. The van der Waals surface area contributed by atoms with Gasteiger partial charge in [0.05, 0.1) is 0 Å². The van der Waals surface area contributed by atoms with E-state index in [9.17, 15) is 0 Å². The predicted octanol–water partition coefficient (Wildman–Crippen LogP) is 9.28. The van der Waals surface area contributed by atoms with Crippen molar-refractivity contribution in [3.05, 3.63) is 0 Å². The van der Waals surface area contributed by atoms with E-state index in [4.69, 9.17) is 0 Å². The number of hydrogen-bond acceptors (Lipinski definition) is 0. The van der Waals surface area contributed by atoms with Crippen molar-refractivity contribution < 1.29 is 0 Å². The van der Waals surface area contributed by atoms with Gasteiger partial charge in [-0.15, -0.1) is 0 Å². The first-order valence-electron chi connectivity index (χ1n) is 12.6. The Balaban J connectivity index is 2.49. The van der Waals surface area contributed by atoms with Crippen molar-refractivity contribution in [1.29, 1.82) is 0 Å². The van der Waals surface area contributed by atoms with E-state index in [1.165, 1.54) is 83.5 Å². The van der Waals surface area contributed by atoms with Crippen LogP contribution in [0.1, 0.15) is 131 Å². The summed E-state index contributed by atoms with van der Waals surface area (Å²) in [5.74, 6) is 5.90. The van der Waals surface area contributed by atoms with Crippen molar-refractivity contribution in [3.8, 4) is 0 Å². The lowest BCUT2D eigenvalue weighted by Crippen LogP contribution is -2.28. The largest absolute Gasteiger partial charge is 0.0654 e. The van der Waals surface area contributed by atoms with Crippen molar-refractivity contribution in [1.82, 2.24) is 0 Å². The molecule has 0 aromatic carbocycles. The average Bonchev–Trinajstić information content (AvgIpc) is 2.64. The minimum Gasteiger partial charge on any atom is -0.0654 e. The molecule has 156 valence electrons. The Morgan fingerprint density at radius 2 is 1.54 bits per heavy atom. The molecule has 3 unspecified atom stereocenters. The maximum Gasteiger partial charge on any atom is -0.0383 e. The van der Waals surface area contributed by atoms with Gasteiger partial charge < -0.3 is 0 Å². The smallest absolute Gasteiger partial charge is 0.0383 e. The van der Waals surface area contributed by atoms with Gasteiger partial charge in [0.2, 0.25) is 0 Å². The van der Waals surface area contributed by atoms with Gasteiger partial charge in [-0.25, -0.2) is 0 Å². The van der Waals surface area contributed by atoms with E-state index in [1.807, 2.05) is 0 Å².